The number of β-amino-alcohol motifs (C(OH)–C–C–N with tert-alkyl or cyclic N) is 1. The summed E-state index contributed by atoms with van der Waals surface area (Å²) in [5.74, 6) is -0.252. The summed E-state index contributed by atoms with van der Waals surface area (Å²) in [6.07, 6.45) is 1.24. The quantitative estimate of drug-likeness (QED) is 0.828. The van der Waals surface area contributed by atoms with Crippen molar-refractivity contribution in [1.82, 2.24) is 15.1 Å². The number of aliphatic hydroxyl groups excluding tert-OH is 1. The molecule has 0 saturated carbocycles. The molecule has 0 aliphatic carbocycles. The number of nitrogens with one attached hydrogen (secondary N) is 1. The summed E-state index contributed by atoms with van der Waals surface area (Å²) in [6, 6.07) is 13.4. The summed E-state index contributed by atoms with van der Waals surface area (Å²) in [5.41, 5.74) is -0.300. The molecule has 3 amide bonds. The first-order chi connectivity index (χ1) is 12.5. The predicted octanol–water partition coefficient (Wildman–Crippen LogP) is 2.02. The maximum absolute atomic E-state index is 13.1. The van der Waals surface area contributed by atoms with Gasteiger partial charge in [0.25, 0.3) is 5.91 Å². The van der Waals surface area contributed by atoms with E-state index in [0.717, 1.165) is 35.7 Å². The van der Waals surface area contributed by atoms with Crippen LogP contribution in [0, 0.1) is 0 Å². The van der Waals surface area contributed by atoms with Crippen LogP contribution in [0.4, 0.5) is 4.79 Å². The van der Waals surface area contributed by atoms with Gasteiger partial charge < -0.3 is 10.4 Å². The molecule has 2 aromatic rings. The monoisotopic (exact) mass is 353 g/mol. The second-order valence-corrected chi connectivity index (χ2v) is 7.36. The van der Waals surface area contributed by atoms with Crippen LogP contribution >= 0.6 is 0 Å². The van der Waals surface area contributed by atoms with Crippen molar-refractivity contribution in [2.24, 2.45) is 0 Å². The van der Waals surface area contributed by atoms with Crippen molar-refractivity contribution >= 4 is 22.7 Å². The maximum atomic E-state index is 13.1. The highest BCUT2D eigenvalue weighted by Crippen LogP contribution is 2.31. The molecule has 0 unspecified atom stereocenters. The number of piperidine rings is 1. The molecule has 2 N–H and O–H groups in total. The summed E-state index contributed by atoms with van der Waals surface area (Å²) in [5, 5.41) is 14.8. The number of rotatable bonds is 3. The number of likely N-dealkylation sites (tertiary alicyclic amines) is 1. The normalized spacial score (nSPS) is 27.2. The third-order valence-corrected chi connectivity index (χ3v) is 5.42. The average Bonchev–Trinajstić information content (AvgIpc) is 2.85. The molecule has 0 radical (unpaired) electrons. The molecule has 6 nitrogen and oxygen atoms in total. The van der Waals surface area contributed by atoms with Crippen molar-refractivity contribution in [3.8, 4) is 0 Å². The van der Waals surface area contributed by atoms with Gasteiger partial charge in [0.15, 0.2) is 0 Å². The average molecular weight is 353 g/mol. The molecule has 0 spiro atoms. The predicted molar refractivity (Wildman–Crippen MR) is 98.4 cm³/mol. The molecule has 136 valence electrons. The van der Waals surface area contributed by atoms with Gasteiger partial charge in [-0.3, -0.25) is 9.69 Å². The number of amides is 3. The second kappa shape index (κ2) is 6.37. The smallest absolute Gasteiger partial charge is 0.326 e. The van der Waals surface area contributed by atoms with E-state index in [0.29, 0.717) is 6.54 Å². The Balaban J connectivity index is 1.60. The van der Waals surface area contributed by atoms with Gasteiger partial charge in [0, 0.05) is 13.1 Å². The van der Waals surface area contributed by atoms with Gasteiger partial charge in [-0.25, -0.2) is 9.69 Å². The van der Waals surface area contributed by atoms with E-state index in [1.165, 1.54) is 4.90 Å². The molecule has 2 saturated heterocycles. The third kappa shape index (κ3) is 2.85. The lowest BCUT2D eigenvalue weighted by Gasteiger charge is -2.32. The fraction of sp³-hybridized carbons (Fsp3) is 0.400. The lowest BCUT2D eigenvalue weighted by molar-refractivity contribution is -0.133. The lowest BCUT2D eigenvalue weighted by Crippen LogP contribution is -2.47. The van der Waals surface area contributed by atoms with Gasteiger partial charge >= 0.3 is 6.03 Å². The SMILES string of the molecule is C[C@@]1(c2ccc3ccccc3c2)NC(=O)N(CN2CCC[C@H](O)C2)C1=O. The van der Waals surface area contributed by atoms with Crippen molar-refractivity contribution < 1.29 is 14.7 Å². The molecule has 0 bridgehead atoms. The standard InChI is InChI=1S/C20H23N3O3/c1-20(16-9-8-14-5-2-3-6-15(14)11-16)18(25)23(19(26)21-20)13-22-10-4-7-17(24)12-22/h2-3,5-6,8-9,11,17,24H,4,7,10,12-13H2,1H3,(H,21,26)/t17-,20-/m0/s1. The van der Waals surface area contributed by atoms with Crippen LogP contribution in [0.5, 0.6) is 0 Å². The minimum atomic E-state index is -1.07. The molecule has 26 heavy (non-hydrogen) atoms. The number of imide groups is 1. The highest BCUT2D eigenvalue weighted by molar-refractivity contribution is 6.07. The lowest BCUT2D eigenvalue weighted by atomic mass is 9.90. The van der Waals surface area contributed by atoms with E-state index >= 15 is 0 Å². The van der Waals surface area contributed by atoms with Gasteiger partial charge in [-0.1, -0.05) is 36.4 Å². The Kier molecular flexibility index (Phi) is 4.17. The highest BCUT2D eigenvalue weighted by atomic mass is 16.3. The zero-order valence-electron chi connectivity index (χ0n) is 14.8. The first kappa shape index (κ1) is 17.0. The van der Waals surface area contributed by atoms with Crippen LogP contribution in [0.2, 0.25) is 0 Å². The number of urea groups is 1. The first-order valence-electron chi connectivity index (χ1n) is 9.01. The van der Waals surface area contributed by atoms with Crippen LogP contribution in [-0.4, -0.2) is 52.7 Å². The summed E-state index contributed by atoms with van der Waals surface area (Å²) >= 11 is 0. The fourth-order valence-corrected chi connectivity index (χ4v) is 3.88. The van der Waals surface area contributed by atoms with Crippen LogP contribution in [0.25, 0.3) is 10.8 Å². The number of nitrogens with zero attached hydrogens (tertiary/aromatic N) is 2. The number of carbonyl (C=O) groups excluding carboxylic acids is 2. The molecular weight excluding hydrogens is 330 g/mol. The largest absolute Gasteiger partial charge is 0.392 e. The molecule has 0 aromatic heterocycles. The molecule has 4 rings (SSSR count). The van der Waals surface area contributed by atoms with Gasteiger partial charge in [0.2, 0.25) is 0 Å². The molecule has 6 heteroatoms. The van der Waals surface area contributed by atoms with Gasteiger partial charge in [-0.2, -0.15) is 0 Å². The van der Waals surface area contributed by atoms with E-state index in [2.05, 4.69) is 5.32 Å². The molecule has 2 aromatic carbocycles. The molecule has 2 aliphatic heterocycles. The van der Waals surface area contributed by atoms with Gasteiger partial charge in [0.05, 0.1) is 12.8 Å². The van der Waals surface area contributed by atoms with Crippen molar-refractivity contribution in [2.75, 3.05) is 19.8 Å². The molecular formula is C20H23N3O3. The van der Waals surface area contributed by atoms with E-state index in [-0.39, 0.29) is 18.6 Å². The van der Waals surface area contributed by atoms with Crippen molar-refractivity contribution in [3.05, 3.63) is 48.0 Å². The zero-order valence-corrected chi connectivity index (χ0v) is 14.8. The number of benzene rings is 2. The van der Waals surface area contributed by atoms with E-state index in [1.807, 2.05) is 47.4 Å². The number of hydrogen-bond donors (Lipinski definition) is 2. The summed E-state index contributed by atoms with van der Waals surface area (Å²) < 4.78 is 0. The molecule has 2 heterocycles. The molecule has 2 fully saturated rings. The van der Waals surface area contributed by atoms with Crippen molar-refractivity contribution in [3.63, 3.8) is 0 Å². The third-order valence-electron chi connectivity index (χ3n) is 5.42. The number of carbonyl (C=O) groups is 2. The highest BCUT2D eigenvalue weighted by Gasteiger charge is 2.49. The Bertz CT molecular complexity index is 868. The van der Waals surface area contributed by atoms with Gasteiger partial charge in [-0.15, -0.1) is 0 Å². The molecule has 2 aliphatic rings. The Morgan fingerprint density at radius 1 is 1.19 bits per heavy atom. The van der Waals surface area contributed by atoms with Crippen LogP contribution < -0.4 is 5.32 Å². The van der Waals surface area contributed by atoms with E-state index < -0.39 is 11.6 Å². The number of hydrogen-bond acceptors (Lipinski definition) is 4. The zero-order chi connectivity index (χ0) is 18.3. The van der Waals surface area contributed by atoms with Crippen LogP contribution in [0.15, 0.2) is 42.5 Å². The minimum absolute atomic E-state index is 0.213. The number of aliphatic hydroxyl groups is 1. The van der Waals surface area contributed by atoms with E-state index in [4.69, 9.17) is 0 Å². The van der Waals surface area contributed by atoms with Crippen LogP contribution in [-0.2, 0) is 10.3 Å². The van der Waals surface area contributed by atoms with Gasteiger partial charge in [-0.05, 0) is 42.2 Å². The Hall–Kier alpha value is -2.44. The van der Waals surface area contributed by atoms with E-state index in [1.54, 1.807) is 6.92 Å². The minimum Gasteiger partial charge on any atom is -0.392 e. The van der Waals surface area contributed by atoms with Crippen molar-refractivity contribution in [1.29, 1.82) is 0 Å². The summed E-state index contributed by atoms with van der Waals surface area (Å²) in [4.78, 5) is 28.8. The maximum Gasteiger partial charge on any atom is 0.326 e. The van der Waals surface area contributed by atoms with Gasteiger partial charge in [0.1, 0.15) is 5.54 Å². The Morgan fingerprint density at radius 2 is 1.96 bits per heavy atom. The van der Waals surface area contributed by atoms with Crippen LogP contribution in [0.3, 0.4) is 0 Å². The number of fused-ring (bicyclic) bond motifs is 1. The Morgan fingerprint density at radius 3 is 2.73 bits per heavy atom. The second-order valence-electron chi connectivity index (χ2n) is 7.36. The fourth-order valence-electron chi connectivity index (χ4n) is 3.88. The summed E-state index contributed by atoms with van der Waals surface area (Å²) in [7, 11) is 0. The molecule has 2 atom stereocenters. The first-order valence-corrected chi connectivity index (χ1v) is 9.01. The van der Waals surface area contributed by atoms with Crippen molar-refractivity contribution in [2.45, 2.75) is 31.4 Å². The summed E-state index contributed by atoms with van der Waals surface area (Å²) in [6.45, 7) is 3.23. The van der Waals surface area contributed by atoms with E-state index in [9.17, 15) is 14.7 Å². The van der Waals surface area contributed by atoms with Crippen LogP contribution in [0.1, 0.15) is 25.3 Å². The Labute approximate surface area is 152 Å². The topological polar surface area (TPSA) is 72.9 Å².